The van der Waals surface area contributed by atoms with Crippen molar-refractivity contribution in [2.75, 3.05) is 0 Å². The summed E-state index contributed by atoms with van der Waals surface area (Å²) in [5.41, 5.74) is 1.01. The molecular weight excluding hydrogens is 284 g/mol. The van der Waals surface area contributed by atoms with Gasteiger partial charge in [0.2, 0.25) is 5.43 Å². The van der Waals surface area contributed by atoms with Crippen LogP contribution in [-0.2, 0) is 0 Å². The van der Waals surface area contributed by atoms with Crippen molar-refractivity contribution < 1.29 is 4.79 Å². The van der Waals surface area contributed by atoms with E-state index in [1.165, 1.54) is 6.07 Å². The van der Waals surface area contributed by atoms with E-state index in [1.807, 2.05) is 24.3 Å². The van der Waals surface area contributed by atoms with E-state index in [1.54, 1.807) is 11.6 Å². The first-order chi connectivity index (χ1) is 8.13. The summed E-state index contributed by atoms with van der Waals surface area (Å²) in [4.78, 5) is 22.1. The van der Waals surface area contributed by atoms with E-state index in [9.17, 15) is 9.59 Å². The Balaban J connectivity index is 2.72. The van der Waals surface area contributed by atoms with Gasteiger partial charge in [-0.05, 0) is 35.0 Å². The van der Waals surface area contributed by atoms with Crippen molar-refractivity contribution in [3.63, 3.8) is 0 Å². The highest BCUT2D eigenvalue weighted by Gasteiger charge is 2.08. The average molecular weight is 293 g/mol. The lowest BCUT2D eigenvalue weighted by atomic mass is 10.3. The van der Waals surface area contributed by atoms with Gasteiger partial charge in [-0.15, -0.1) is 0 Å². The average Bonchev–Trinajstić information content (AvgIpc) is 2.31. The molecule has 0 aliphatic heterocycles. The fourth-order valence-electron chi connectivity index (χ4n) is 1.51. The maximum absolute atomic E-state index is 11.4. The number of aldehydes is 1. The number of para-hydroxylation sites is 1. The van der Waals surface area contributed by atoms with Crippen LogP contribution in [0, 0.1) is 6.92 Å². The maximum Gasteiger partial charge on any atom is 0.211 e. The Bertz CT molecular complexity index is 635. The Morgan fingerprint density at radius 2 is 2.06 bits per heavy atom. The molecule has 0 radical (unpaired) electrons. The van der Waals surface area contributed by atoms with E-state index in [2.05, 4.69) is 21.0 Å². The molecule has 0 fully saturated rings. The van der Waals surface area contributed by atoms with Gasteiger partial charge < -0.3 is 0 Å². The van der Waals surface area contributed by atoms with Crippen LogP contribution in [0.5, 0.6) is 0 Å². The molecule has 0 bridgehead atoms. The van der Waals surface area contributed by atoms with Gasteiger partial charge in [-0.1, -0.05) is 12.1 Å². The smallest absolute Gasteiger partial charge is 0.211 e. The molecule has 0 unspecified atom stereocenters. The third-order valence-corrected chi connectivity index (χ3v) is 3.00. The zero-order valence-corrected chi connectivity index (χ0v) is 10.6. The number of aromatic nitrogens is 2. The molecule has 17 heavy (non-hydrogen) atoms. The van der Waals surface area contributed by atoms with Crippen LogP contribution in [0.3, 0.4) is 0 Å². The standard InChI is InChI=1S/C12H9BrN2O2/c1-8-6-12(17)10(7-16)14-15(8)11-5-3-2-4-9(11)13/h2-7H,1H3. The minimum absolute atomic E-state index is 0.0913. The highest BCUT2D eigenvalue weighted by atomic mass is 79.9. The van der Waals surface area contributed by atoms with E-state index in [0.29, 0.717) is 12.0 Å². The molecule has 0 spiro atoms. The second-order valence-electron chi connectivity index (χ2n) is 3.52. The summed E-state index contributed by atoms with van der Waals surface area (Å²) in [5, 5.41) is 4.03. The van der Waals surface area contributed by atoms with Crippen molar-refractivity contribution in [2.24, 2.45) is 0 Å². The van der Waals surface area contributed by atoms with Crippen LogP contribution in [0.25, 0.3) is 5.69 Å². The summed E-state index contributed by atoms with van der Waals surface area (Å²) in [7, 11) is 0. The van der Waals surface area contributed by atoms with E-state index < -0.39 is 0 Å². The molecule has 86 valence electrons. The Kier molecular flexibility index (Phi) is 3.19. The largest absolute Gasteiger partial charge is 0.296 e. The molecule has 0 aliphatic rings. The summed E-state index contributed by atoms with van der Waals surface area (Å²) >= 11 is 3.40. The zero-order chi connectivity index (χ0) is 12.4. The van der Waals surface area contributed by atoms with Crippen molar-refractivity contribution in [1.82, 2.24) is 9.78 Å². The van der Waals surface area contributed by atoms with Gasteiger partial charge >= 0.3 is 0 Å². The van der Waals surface area contributed by atoms with Gasteiger partial charge in [0, 0.05) is 16.2 Å². The van der Waals surface area contributed by atoms with Gasteiger partial charge in [0.15, 0.2) is 12.0 Å². The molecule has 0 aliphatic carbocycles. The van der Waals surface area contributed by atoms with Crippen molar-refractivity contribution in [3.8, 4) is 5.69 Å². The summed E-state index contributed by atoms with van der Waals surface area (Å²) in [5.74, 6) is 0. The quantitative estimate of drug-likeness (QED) is 0.797. The molecule has 0 amide bonds. The fourth-order valence-corrected chi connectivity index (χ4v) is 1.96. The number of aryl methyl sites for hydroxylation is 1. The first-order valence-corrected chi connectivity index (χ1v) is 5.74. The fraction of sp³-hybridized carbons (Fsp3) is 0.0833. The second-order valence-corrected chi connectivity index (χ2v) is 4.37. The van der Waals surface area contributed by atoms with Crippen molar-refractivity contribution in [1.29, 1.82) is 0 Å². The van der Waals surface area contributed by atoms with Gasteiger partial charge in [0.25, 0.3) is 0 Å². The predicted octanol–water partition coefficient (Wildman–Crippen LogP) is 2.12. The predicted molar refractivity (Wildman–Crippen MR) is 67.7 cm³/mol. The summed E-state index contributed by atoms with van der Waals surface area (Å²) in [6.45, 7) is 1.77. The number of rotatable bonds is 2. The number of carbonyl (C=O) groups is 1. The van der Waals surface area contributed by atoms with E-state index in [4.69, 9.17) is 0 Å². The van der Waals surface area contributed by atoms with Crippen LogP contribution in [0.1, 0.15) is 16.2 Å². The van der Waals surface area contributed by atoms with Gasteiger partial charge in [-0.3, -0.25) is 9.59 Å². The molecule has 5 heteroatoms. The normalized spacial score (nSPS) is 10.2. The third kappa shape index (κ3) is 2.19. The zero-order valence-electron chi connectivity index (χ0n) is 9.05. The lowest BCUT2D eigenvalue weighted by Crippen LogP contribution is -2.18. The van der Waals surface area contributed by atoms with Crippen molar-refractivity contribution in [3.05, 3.63) is 56.4 Å². The van der Waals surface area contributed by atoms with E-state index in [-0.39, 0.29) is 11.1 Å². The highest BCUT2D eigenvalue weighted by molar-refractivity contribution is 9.10. The van der Waals surface area contributed by atoms with Gasteiger partial charge in [-0.25, -0.2) is 4.68 Å². The number of carbonyl (C=O) groups excluding carboxylic acids is 1. The van der Waals surface area contributed by atoms with Gasteiger partial charge in [0.05, 0.1) is 5.69 Å². The number of benzene rings is 1. The Hall–Kier alpha value is -1.75. The third-order valence-electron chi connectivity index (χ3n) is 2.33. The molecule has 0 N–H and O–H groups in total. The maximum atomic E-state index is 11.4. The molecule has 2 rings (SSSR count). The molecule has 0 atom stereocenters. The minimum Gasteiger partial charge on any atom is -0.296 e. The highest BCUT2D eigenvalue weighted by Crippen LogP contribution is 2.20. The topological polar surface area (TPSA) is 52.0 Å². The molecule has 0 saturated heterocycles. The minimum atomic E-state index is -0.360. The number of halogens is 1. The van der Waals surface area contributed by atoms with Crippen LogP contribution >= 0.6 is 15.9 Å². The number of hydrogen-bond acceptors (Lipinski definition) is 3. The summed E-state index contributed by atoms with van der Waals surface area (Å²) < 4.78 is 2.41. The van der Waals surface area contributed by atoms with Crippen LogP contribution in [0.2, 0.25) is 0 Å². The Morgan fingerprint density at radius 1 is 1.35 bits per heavy atom. The van der Waals surface area contributed by atoms with Crippen LogP contribution in [0.15, 0.2) is 39.6 Å². The monoisotopic (exact) mass is 292 g/mol. The lowest BCUT2D eigenvalue weighted by molar-refractivity contribution is 0.111. The van der Waals surface area contributed by atoms with Crippen LogP contribution in [0.4, 0.5) is 0 Å². The molecule has 1 heterocycles. The van der Waals surface area contributed by atoms with Crippen LogP contribution in [-0.4, -0.2) is 16.1 Å². The first-order valence-electron chi connectivity index (χ1n) is 4.94. The number of hydrogen-bond donors (Lipinski definition) is 0. The Morgan fingerprint density at radius 3 is 2.71 bits per heavy atom. The molecule has 1 aromatic carbocycles. The molecular formula is C12H9BrN2O2. The molecule has 4 nitrogen and oxygen atoms in total. The van der Waals surface area contributed by atoms with Crippen LogP contribution < -0.4 is 5.43 Å². The van der Waals surface area contributed by atoms with Crippen molar-refractivity contribution in [2.45, 2.75) is 6.92 Å². The van der Waals surface area contributed by atoms with Gasteiger partial charge in [0.1, 0.15) is 0 Å². The Labute approximate surface area is 106 Å². The SMILES string of the molecule is Cc1cc(=O)c(C=O)nn1-c1ccccc1Br. The summed E-state index contributed by atoms with van der Waals surface area (Å²) in [6, 6.07) is 8.86. The van der Waals surface area contributed by atoms with Gasteiger partial charge in [-0.2, -0.15) is 5.10 Å². The molecule has 2 aromatic rings. The molecule has 1 aromatic heterocycles. The van der Waals surface area contributed by atoms with Crippen molar-refractivity contribution >= 4 is 22.2 Å². The lowest BCUT2D eigenvalue weighted by Gasteiger charge is -2.10. The molecule has 0 saturated carbocycles. The summed E-state index contributed by atoms with van der Waals surface area (Å²) in [6.07, 6.45) is 0.467. The number of nitrogens with zero attached hydrogens (tertiary/aromatic N) is 2. The second kappa shape index (κ2) is 4.63. The van der Waals surface area contributed by atoms with E-state index >= 15 is 0 Å². The van der Waals surface area contributed by atoms with E-state index in [0.717, 1.165) is 10.2 Å². The first kappa shape index (κ1) is 11.7.